The molecular weight excluding hydrogens is 240 g/mol. The second kappa shape index (κ2) is 4.54. The predicted octanol–water partition coefficient (Wildman–Crippen LogP) is 1.23. The van der Waals surface area contributed by atoms with Crippen molar-refractivity contribution in [3.8, 4) is 5.75 Å². The van der Waals surface area contributed by atoms with Gasteiger partial charge in [-0.15, -0.1) is 0 Å². The molecule has 5 nitrogen and oxygen atoms in total. The highest BCUT2D eigenvalue weighted by atomic mass is 32.2. The van der Waals surface area contributed by atoms with Crippen molar-refractivity contribution < 1.29 is 13.2 Å². The fourth-order valence-electron chi connectivity index (χ4n) is 1.54. The van der Waals surface area contributed by atoms with E-state index in [9.17, 15) is 8.42 Å². The van der Waals surface area contributed by atoms with Crippen molar-refractivity contribution in [2.24, 2.45) is 0 Å². The number of nitrogens with zero attached hydrogens (tertiary/aromatic N) is 1. The molecule has 0 atom stereocenters. The maximum atomic E-state index is 11.8. The Labute approximate surface area is 102 Å². The second-order valence-electron chi connectivity index (χ2n) is 3.89. The van der Waals surface area contributed by atoms with Crippen LogP contribution in [-0.4, -0.2) is 32.9 Å². The third-order valence-corrected chi connectivity index (χ3v) is 4.18. The molecule has 0 radical (unpaired) electrons. The first kappa shape index (κ1) is 12.2. The molecular formula is C11H16N2O3S. The number of anilines is 1. The van der Waals surface area contributed by atoms with Crippen LogP contribution in [0.1, 0.15) is 12.5 Å². The molecule has 0 aliphatic carbocycles. The molecule has 1 aliphatic heterocycles. The first-order chi connectivity index (χ1) is 8.06. The lowest BCUT2D eigenvalue weighted by molar-refractivity contribution is 0.416. The van der Waals surface area contributed by atoms with Gasteiger partial charge in [-0.25, -0.2) is 0 Å². The Bertz CT molecular complexity index is 509. The molecule has 1 saturated heterocycles. The van der Waals surface area contributed by atoms with Crippen LogP contribution in [0.3, 0.4) is 0 Å². The molecule has 94 valence electrons. The molecule has 1 heterocycles. The first-order valence-corrected chi connectivity index (χ1v) is 6.95. The third-order valence-electron chi connectivity index (χ3n) is 2.66. The normalized spacial score (nSPS) is 15.6. The molecule has 0 bridgehead atoms. The van der Waals surface area contributed by atoms with Gasteiger partial charge in [0.2, 0.25) is 0 Å². The number of rotatable bonds is 5. The lowest BCUT2D eigenvalue weighted by atomic mass is 10.1. The Morgan fingerprint density at radius 1 is 1.41 bits per heavy atom. The van der Waals surface area contributed by atoms with E-state index in [2.05, 4.69) is 4.72 Å². The van der Waals surface area contributed by atoms with E-state index in [-0.39, 0.29) is 0 Å². The van der Waals surface area contributed by atoms with Crippen LogP contribution < -0.4 is 9.46 Å². The molecule has 0 unspecified atom stereocenters. The van der Waals surface area contributed by atoms with Gasteiger partial charge < -0.3 is 4.74 Å². The minimum Gasteiger partial charge on any atom is -0.495 e. The van der Waals surface area contributed by atoms with E-state index in [4.69, 9.17) is 4.74 Å². The molecule has 1 aliphatic rings. The number of ether oxygens (including phenoxy) is 1. The van der Waals surface area contributed by atoms with Gasteiger partial charge in [0.05, 0.1) is 12.8 Å². The largest absolute Gasteiger partial charge is 0.495 e. The molecule has 0 saturated carbocycles. The van der Waals surface area contributed by atoms with Crippen LogP contribution >= 0.6 is 0 Å². The summed E-state index contributed by atoms with van der Waals surface area (Å²) in [6, 6.07) is 5.51. The van der Waals surface area contributed by atoms with E-state index in [0.29, 0.717) is 24.5 Å². The number of aryl methyl sites for hydroxylation is 1. The van der Waals surface area contributed by atoms with Gasteiger partial charge in [0.15, 0.2) is 0 Å². The zero-order valence-electron chi connectivity index (χ0n) is 9.93. The van der Waals surface area contributed by atoms with Gasteiger partial charge in [-0.2, -0.15) is 12.7 Å². The number of methoxy groups -OCH3 is 1. The Morgan fingerprint density at radius 2 is 2.12 bits per heavy atom. The van der Waals surface area contributed by atoms with Crippen LogP contribution in [0.5, 0.6) is 5.75 Å². The number of hydrogen-bond donors (Lipinski definition) is 1. The summed E-state index contributed by atoms with van der Waals surface area (Å²) in [5.74, 6) is 0.535. The van der Waals surface area contributed by atoms with Crippen LogP contribution in [0.2, 0.25) is 0 Å². The van der Waals surface area contributed by atoms with Gasteiger partial charge in [-0.1, -0.05) is 13.0 Å². The standard InChI is InChI=1S/C11H16N2O3S/c1-3-9-4-5-11(16-2)10(8-9)12-17(14,15)13-6-7-13/h4-5,8,12H,3,6-7H2,1-2H3. The van der Waals surface area contributed by atoms with Crippen LogP contribution in [-0.2, 0) is 16.6 Å². The molecule has 0 amide bonds. The predicted molar refractivity (Wildman–Crippen MR) is 66.5 cm³/mol. The molecule has 0 aromatic heterocycles. The molecule has 1 aromatic carbocycles. The smallest absolute Gasteiger partial charge is 0.301 e. The van der Waals surface area contributed by atoms with E-state index in [0.717, 1.165) is 12.0 Å². The lowest BCUT2D eigenvalue weighted by Crippen LogP contribution is -2.21. The highest BCUT2D eigenvalue weighted by Gasteiger charge is 2.32. The summed E-state index contributed by atoms with van der Waals surface area (Å²) in [4.78, 5) is 0. The fourth-order valence-corrected chi connectivity index (χ4v) is 2.67. The lowest BCUT2D eigenvalue weighted by Gasteiger charge is -2.13. The third kappa shape index (κ3) is 2.70. The maximum Gasteiger partial charge on any atom is 0.301 e. The van der Waals surface area contributed by atoms with E-state index >= 15 is 0 Å². The van der Waals surface area contributed by atoms with Crippen molar-refractivity contribution in [3.63, 3.8) is 0 Å². The summed E-state index contributed by atoms with van der Waals surface area (Å²) in [7, 11) is -1.87. The highest BCUT2D eigenvalue weighted by molar-refractivity contribution is 7.90. The second-order valence-corrected chi connectivity index (χ2v) is 5.56. The molecule has 0 spiro atoms. The van der Waals surface area contributed by atoms with Crippen molar-refractivity contribution >= 4 is 15.9 Å². The zero-order chi connectivity index (χ0) is 12.5. The van der Waals surface area contributed by atoms with E-state index in [1.807, 2.05) is 13.0 Å². The number of benzene rings is 1. The molecule has 2 rings (SSSR count). The van der Waals surface area contributed by atoms with Crippen molar-refractivity contribution in [1.29, 1.82) is 0 Å². The van der Waals surface area contributed by atoms with Gasteiger partial charge in [0.25, 0.3) is 0 Å². The summed E-state index contributed by atoms with van der Waals surface area (Å²) >= 11 is 0. The average Bonchev–Trinajstić information content (AvgIpc) is 3.12. The van der Waals surface area contributed by atoms with Gasteiger partial charge in [0, 0.05) is 13.1 Å². The van der Waals surface area contributed by atoms with E-state index < -0.39 is 10.2 Å². The van der Waals surface area contributed by atoms with Crippen LogP contribution in [0.25, 0.3) is 0 Å². The zero-order valence-corrected chi connectivity index (χ0v) is 10.8. The summed E-state index contributed by atoms with van der Waals surface area (Å²) in [6.07, 6.45) is 0.850. The van der Waals surface area contributed by atoms with Gasteiger partial charge in [-0.05, 0) is 24.1 Å². The highest BCUT2D eigenvalue weighted by Crippen LogP contribution is 2.28. The summed E-state index contributed by atoms with van der Waals surface area (Å²) < 4.78 is 32.6. The van der Waals surface area contributed by atoms with Crippen molar-refractivity contribution in [2.75, 3.05) is 24.9 Å². The van der Waals surface area contributed by atoms with E-state index in [1.165, 1.54) is 11.4 Å². The summed E-state index contributed by atoms with van der Waals surface area (Å²) in [5, 5.41) is 0. The molecule has 1 aromatic rings. The fraction of sp³-hybridized carbons (Fsp3) is 0.455. The molecule has 17 heavy (non-hydrogen) atoms. The SMILES string of the molecule is CCc1ccc(OC)c(NS(=O)(=O)N2CC2)c1. The number of hydrogen-bond acceptors (Lipinski definition) is 3. The molecule has 1 fully saturated rings. The Kier molecular flexibility index (Phi) is 3.26. The van der Waals surface area contributed by atoms with Crippen LogP contribution in [0.4, 0.5) is 5.69 Å². The average molecular weight is 256 g/mol. The minimum absolute atomic E-state index is 0.499. The summed E-state index contributed by atoms with van der Waals surface area (Å²) in [5.41, 5.74) is 1.56. The van der Waals surface area contributed by atoms with Crippen LogP contribution in [0.15, 0.2) is 18.2 Å². The van der Waals surface area contributed by atoms with Crippen molar-refractivity contribution in [2.45, 2.75) is 13.3 Å². The summed E-state index contributed by atoms with van der Waals surface area (Å²) in [6.45, 7) is 3.20. The molecule has 6 heteroatoms. The Balaban J connectivity index is 2.29. The quantitative estimate of drug-likeness (QED) is 0.806. The van der Waals surface area contributed by atoms with Crippen molar-refractivity contribution in [1.82, 2.24) is 4.31 Å². The minimum atomic E-state index is -3.39. The van der Waals surface area contributed by atoms with Gasteiger partial charge in [-0.3, -0.25) is 4.72 Å². The monoisotopic (exact) mass is 256 g/mol. The van der Waals surface area contributed by atoms with Gasteiger partial charge in [0.1, 0.15) is 5.75 Å². The Morgan fingerprint density at radius 3 is 2.65 bits per heavy atom. The number of nitrogens with one attached hydrogen (secondary N) is 1. The molecule has 1 N–H and O–H groups in total. The Hall–Kier alpha value is -1.27. The van der Waals surface area contributed by atoms with E-state index in [1.54, 1.807) is 12.1 Å². The van der Waals surface area contributed by atoms with Crippen LogP contribution in [0, 0.1) is 0 Å². The first-order valence-electron chi connectivity index (χ1n) is 5.51. The van der Waals surface area contributed by atoms with Gasteiger partial charge >= 0.3 is 10.2 Å². The topological polar surface area (TPSA) is 58.4 Å². The van der Waals surface area contributed by atoms with Crippen molar-refractivity contribution in [3.05, 3.63) is 23.8 Å². The maximum absolute atomic E-state index is 11.8.